The summed E-state index contributed by atoms with van der Waals surface area (Å²) in [5.41, 5.74) is 1.69. The number of hydrogen-bond acceptors (Lipinski definition) is 5. The lowest BCUT2D eigenvalue weighted by molar-refractivity contribution is -0.146. The number of aromatic nitrogens is 1. The molecule has 0 aliphatic heterocycles. The van der Waals surface area contributed by atoms with Crippen molar-refractivity contribution in [2.75, 3.05) is 7.11 Å². The molecule has 0 unspecified atom stereocenters. The fraction of sp³-hybridized carbons (Fsp3) is 0.375. The number of benzene rings is 1. The smallest absolute Gasteiger partial charge is 0.309 e. The maximum Gasteiger partial charge on any atom is 0.309 e. The van der Waals surface area contributed by atoms with Crippen LogP contribution in [-0.4, -0.2) is 18.1 Å². The maximum atomic E-state index is 11.7. The summed E-state index contributed by atoms with van der Waals surface area (Å²) in [6.07, 6.45) is 0.941. The van der Waals surface area contributed by atoms with Gasteiger partial charge in [0.2, 0.25) is 0 Å². The molecule has 116 valence electrons. The van der Waals surface area contributed by atoms with Crippen molar-refractivity contribution in [1.82, 2.24) is 4.98 Å². The number of carbonyl (C=O) groups excluding carboxylic acids is 1. The van der Waals surface area contributed by atoms with E-state index in [-0.39, 0.29) is 18.5 Å². The van der Waals surface area contributed by atoms with Gasteiger partial charge >= 0.3 is 5.97 Å². The number of hydrogen-bond donors (Lipinski definition) is 0. The number of nitrogens with zero attached hydrogens (tertiary/aromatic N) is 1. The van der Waals surface area contributed by atoms with Crippen molar-refractivity contribution in [3.8, 4) is 16.3 Å². The molecule has 1 aromatic heterocycles. The van der Waals surface area contributed by atoms with E-state index in [2.05, 4.69) is 27.8 Å². The zero-order chi connectivity index (χ0) is 15.7. The van der Waals surface area contributed by atoms with Crippen molar-refractivity contribution >= 4 is 33.2 Å². The third-order valence-electron chi connectivity index (χ3n) is 3.72. The summed E-state index contributed by atoms with van der Waals surface area (Å²) in [5, 5.41) is 2.77. The van der Waals surface area contributed by atoms with Gasteiger partial charge in [0.25, 0.3) is 0 Å². The van der Waals surface area contributed by atoms with Crippen LogP contribution in [0.2, 0.25) is 0 Å². The Kier molecular flexibility index (Phi) is 4.49. The van der Waals surface area contributed by atoms with Gasteiger partial charge in [0.05, 0.1) is 24.3 Å². The number of carbonyl (C=O) groups is 1. The highest BCUT2D eigenvalue weighted by molar-refractivity contribution is 9.10. The van der Waals surface area contributed by atoms with E-state index in [0.29, 0.717) is 5.92 Å². The number of ether oxygens (including phenoxy) is 2. The average Bonchev–Trinajstić information content (AvgIpc) is 3.06. The Bertz CT molecular complexity index is 700. The monoisotopic (exact) mass is 381 g/mol. The van der Waals surface area contributed by atoms with Gasteiger partial charge in [-0.15, -0.1) is 11.3 Å². The van der Waals surface area contributed by atoms with Gasteiger partial charge in [0, 0.05) is 9.85 Å². The van der Waals surface area contributed by atoms with Gasteiger partial charge in [-0.25, -0.2) is 4.98 Å². The second-order valence-corrected chi connectivity index (χ2v) is 7.19. The van der Waals surface area contributed by atoms with Gasteiger partial charge in [0.1, 0.15) is 17.4 Å². The van der Waals surface area contributed by atoms with Crippen molar-refractivity contribution in [2.24, 2.45) is 11.8 Å². The predicted octanol–water partition coefficient (Wildman–Crippen LogP) is 4.28. The summed E-state index contributed by atoms with van der Waals surface area (Å²) in [5.74, 6) is 1.21. The lowest BCUT2D eigenvalue weighted by Gasteiger charge is -2.06. The molecule has 6 heteroatoms. The molecular formula is C16H16BrNO3S. The first-order chi connectivity index (χ1) is 10.6. The summed E-state index contributed by atoms with van der Waals surface area (Å²) in [6, 6.07) is 5.80. The topological polar surface area (TPSA) is 48.4 Å². The normalized spacial score (nSPS) is 19.8. The van der Waals surface area contributed by atoms with Crippen LogP contribution in [0.3, 0.4) is 0 Å². The molecule has 0 saturated heterocycles. The van der Waals surface area contributed by atoms with Crippen LogP contribution in [0.1, 0.15) is 19.0 Å². The molecular weight excluding hydrogens is 366 g/mol. The SMILES string of the molecule is COc1ccc(Br)cc1-c1nc(COC(=O)[C@@H]2C[C@H]2C)cs1. The number of esters is 1. The number of methoxy groups -OCH3 is 1. The van der Waals surface area contributed by atoms with Crippen LogP contribution < -0.4 is 4.74 Å². The lowest BCUT2D eigenvalue weighted by atomic mass is 10.2. The fourth-order valence-electron chi connectivity index (χ4n) is 2.25. The van der Waals surface area contributed by atoms with Crippen LogP contribution >= 0.6 is 27.3 Å². The maximum absolute atomic E-state index is 11.7. The van der Waals surface area contributed by atoms with E-state index in [1.54, 1.807) is 7.11 Å². The first-order valence-corrected chi connectivity index (χ1v) is 8.70. The summed E-state index contributed by atoms with van der Waals surface area (Å²) in [7, 11) is 1.64. The first-order valence-electron chi connectivity index (χ1n) is 7.03. The highest BCUT2D eigenvalue weighted by Gasteiger charge is 2.40. The Hall–Kier alpha value is -1.40. The van der Waals surface area contributed by atoms with Crippen LogP contribution in [0.15, 0.2) is 28.1 Å². The van der Waals surface area contributed by atoms with Crippen LogP contribution in [-0.2, 0) is 16.1 Å². The first kappa shape index (κ1) is 15.5. The van der Waals surface area contributed by atoms with E-state index in [0.717, 1.165) is 32.9 Å². The summed E-state index contributed by atoms with van der Waals surface area (Å²) < 4.78 is 11.7. The Morgan fingerprint density at radius 2 is 2.27 bits per heavy atom. The molecule has 3 rings (SSSR count). The Labute approximate surface area is 141 Å². The molecule has 0 spiro atoms. The van der Waals surface area contributed by atoms with Crippen molar-refractivity contribution in [1.29, 1.82) is 0 Å². The Balaban J connectivity index is 1.71. The highest BCUT2D eigenvalue weighted by atomic mass is 79.9. The van der Waals surface area contributed by atoms with Crippen LogP contribution in [0.4, 0.5) is 0 Å². The molecule has 1 aliphatic rings. The standard InChI is InChI=1S/C16H16BrNO3S/c1-9-5-12(9)16(19)21-7-11-8-22-15(18-11)13-6-10(17)3-4-14(13)20-2/h3-4,6,8-9,12H,5,7H2,1-2H3/t9-,12-/m1/s1. The Morgan fingerprint density at radius 1 is 1.50 bits per heavy atom. The molecule has 2 atom stereocenters. The van der Waals surface area contributed by atoms with E-state index in [4.69, 9.17) is 9.47 Å². The third-order valence-corrected chi connectivity index (χ3v) is 5.14. The van der Waals surface area contributed by atoms with Crippen molar-refractivity contribution in [3.63, 3.8) is 0 Å². The molecule has 0 amide bonds. The Morgan fingerprint density at radius 3 is 2.95 bits per heavy atom. The minimum atomic E-state index is -0.109. The number of rotatable bonds is 5. The highest BCUT2D eigenvalue weighted by Crippen LogP contribution is 2.39. The fourth-order valence-corrected chi connectivity index (χ4v) is 3.43. The van der Waals surface area contributed by atoms with Crippen molar-refractivity contribution in [3.05, 3.63) is 33.7 Å². The minimum Gasteiger partial charge on any atom is -0.496 e. The van der Waals surface area contributed by atoms with E-state index < -0.39 is 0 Å². The quantitative estimate of drug-likeness (QED) is 0.725. The van der Waals surface area contributed by atoms with E-state index in [9.17, 15) is 4.79 Å². The largest absolute Gasteiger partial charge is 0.496 e. The molecule has 0 bridgehead atoms. The summed E-state index contributed by atoms with van der Waals surface area (Å²) in [6.45, 7) is 2.29. The molecule has 22 heavy (non-hydrogen) atoms. The van der Waals surface area contributed by atoms with E-state index in [1.807, 2.05) is 23.6 Å². The van der Waals surface area contributed by atoms with Crippen molar-refractivity contribution in [2.45, 2.75) is 20.0 Å². The molecule has 0 N–H and O–H groups in total. The van der Waals surface area contributed by atoms with Gasteiger partial charge in [0.15, 0.2) is 0 Å². The zero-order valence-electron chi connectivity index (χ0n) is 12.3. The van der Waals surface area contributed by atoms with Gasteiger partial charge in [-0.1, -0.05) is 22.9 Å². The predicted molar refractivity (Wildman–Crippen MR) is 88.9 cm³/mol. The molecule has 1 aromatic carbocycles. The summed E-state index contributed by atoms with van der Waals surface area (Å²) >= 11 is 4.97. The average molecular weight is 382 g/mol. The van der Waals surface area contributed by atoms with Crippen LogP contribution in [0.5, 0.6) is 5.75 Å². The second-order valence-electron chi connectivity index (χ2n) is 5.42. The van der Waals surface area contributed by atoms with Crippen molar-refractivity contribution < 1.29 is 14.3 Å². The minimum absolute atomic E-state index is 0.0864. The molecule has 1 heterocycles. The van der Waals surface area contributed by atoms with E-state index in [1.165, 1.54) is 11.3 Å². The molecule has 2 aromatic rings. The molecule has 0 radical (unpaired) electrons. The molecule has 1 fully saturated rings. The molecule has 4 nitrogen and oxygen atoms in total. The summed E-state index contributed by atoms with van der Waals surface area (Å²) in [4.78, 5) is 16.3. The van der Waals surface area contributed by atoms with Gasteiger partial charge in [-0.05, 0) is 30.5 Å². The molecule has 1 aliphatic carbocycles. The number of halogens is 1. The number of thiazole rings is 1. The van der Waals surface area contributed by atoms with Gasteiger partial charge in [-0.2, -0.15) is 0 Å². The molecule has 1 saturated carbocycles. The van der Waals surface area contributed by atoms with Crippen LogP contribution in [0, 0.1) is 11.8 Å². The lowest BCUT2D eigenvalue weighted by Crippen LogP contribution is -2.07. The van der Waals surface area contributed by atoms with Crippen LogP contribution in [0.25, 0.3) is 10.6 Å². The van der Waals surface area contributed by atoms with E-state index >= 15 is 0 Å². The third kappa shape index (κ3) is 3.33. The zero-order valence-corrected chi connectivity index (χ0v) is 14.7. The van der Waals surface area contributed by atoms with Gasteiger partial charge < -0.3 is 9.47 Å². The second kappa shape index (κ2) is 6.38. The van der Waals surface area contributed by atoms with Gasteiger partial charge in [-0.3, -0.25) is 4.79 Å².